The van der Waals surface area contributed by atoms with E-state index >= 15 is 0 Å². The molecule has 158 valence electrons. The lowest BCUT2D eigenvalue weighted by molar-refractivity contribution is -0.384. The second-order valence-corrected chi connectivity index (χ2v) is 6.05. The van der Waals surface area contributed by atoms with Crippen molar-refractivity contribution in [1.29, 1.82) is 0 Å². The first-order valence-corrected chi connectivity index (χ1v) is 8.89. The number of carbonyl (C=O) groups is 3. The zero-order valence-corrected chi connectivity index (χ0v) is 16.1. The third kappa shape index (κ3) is 7.23. The Morgan fingerprint density at radius 3 is 2.33 bits per heavy atom. The molecule has 0 saturated heterocycles. The van der Waals surface area contributed by atoms with E-state index in [2.05, 4.69) is 10.1 Å². The number of esters is 2. The van der Waals surface area contributed by atoms with E-state index in [-0.39, 0.29) is 30.9 Å². The summed E-state index contributed by atoms with van der Waals surface area (Å²) in [7, 11) is 1.20. The zero-order valence-electron chi connectivity index (χ0n) is 16.1. The van der Waals surface area contributed by atoms with Crippen LogP contribution in [0.15, 0.2) is 54.6 Å². The van der Waals surface area contributed by atoms with Crippen molar-refractivity contribution in [2.24, 2.45) is 0 Å². The highest BCUT2D eigenvalue weighted by Crippen LogP contribution is 2.18. The van der Waals surface area contributed by atoms with E-state index in [4.69, 9.17) is 9.47 Å². The summed E-state index contributed by atoms with van der Waals surface area (Å²) in [5.74, 6) is -1.37. The minimum absolute atomic E-state index is 0.00616. The molecule has 2 aromatic carbocycles. The van der Waals surface area contributed by atoms with Crippen LogP contribution in [0.3, 0.4) is 0 Å². The van der Waals surface area contributed by atoms with E-state index in [1.807, 2.05) is 6.07 Å². The smallest absolute Gasteiger partial charge is 0.408 e. The number of hydrogen-bond donors (Lipinski definition) is 1. The van der Waals surface area contributed by atoms with Gasteiger partial charge in [0.05, 0.1) is 12.0 Å². The second-order valence-electron chi connectivity index (χ2n) is 6.05. The Kier molecular flexibility index (Phi) is 8.30. The molecule has 1 N–H and O–H groups in total. The summed E-state index contributed by atoms with van der Waals surface area (Å²) in [6.07, 6.45) is -1.09. The summed E-state index contributed by atoms with van der Waals surface area (Å²) in [6.45, 7) is -0.00616. The molecule has 0 heterocycles. The van der Waals surface area contributed by atoms with Gasteiger partial charge >= 0.3 is 18.0 Å². The van der Waals surface area contributed by atoms with Crippen LogP contribution in [0.4, 0.5) is 10.5 Å². The topological polar surface area (TPSA) is 134 Å². The van der Waals surface area contributed by atoms with Crippen molar-refractivity contribution in [2.45, 2.75) is 25.5 Å². The normalized spacial score (nSPS) is 11.1. The molecule has 0 aromatic heterocycles. The first-order chi connectivity index (χ1) is 14.4. The fourth-order valence-electron chi connectivity index (χ4n) is 2.34. The predicted octanol–water partition coefficient (Wildman–Crippen LogP) is 2.75. The van der Waals surface area contributed by atoms with Gasteiger partial charge in [0, 0.05) is 18.6 Å². The molecule has 0 bridgehead atoms. The van der Waals surface area contributed by atoms with E-state index in [0.29, 0.717) is 0 Å². The summed E-state index contributed by atoms with van der Waals surface area (Å²) in [4.78, 5) is 46.1. The fourth-order valence-corrected chi connectivity index (χ4v) is 2.34. The number of carbonyl (C=O) groups excluding carboxylic acids is 3. The van der Waals surface area contributed by atoms with E-state index in [9.17, 15) is 24.5 Å². The highest BCUT2D eigenvalue weighted by atomic mass is 16.6. The van der Waals surface area contributed by atoms with Crippen molar-refractivity contribution in [2.75, 3.05) is 7.11 Å². The predicted molar refractivity (Wildman–Crippen MR) is 104 cm³/mol. The van der Waals surface area contributed by atoms with Gasteiger partial charge in [0.1, 0.15) is 18.4 Å². The fraction of sp³-hybridized carbons (Fsp3) is 0.250. The molecule has 0 aliphatic carbocycles. The number of nitrogens with zero attached hydrogens (tertiary/aromatic N) is 1. The molecule has 30 heavy (non-hydrogen) atoms. The summed E-state index contributed by atoms with van der Waals surface area (Å²) in [5.41, 5.74) is 0.590. The third-order valence-electron chi connectivity index (χ3n) is 3.92. The highest BCUT2D eigenvalue weighted by Gasteiger charge is 2.25. The van der Waals surface area contributed by atoms with Gasteiger partial charge in [-0.2, -0.15) is 0 Å². The number of nitro benzene ring substituents is 1. The minimum atomic E-state index is -1.19. The molecule has 10 heteroatoms. The van der Waals surface area contributed by atoms with Crippen LogP contribution in [0.1, 0.15) is 18.4 Å². The van der Waals surface area contributed by atoms with E-state index in [1.54, 1.807) is 24.3 Å². The van der Waals surface area contributed by atoms with Crippen LogP contribution in [-0.4, -0.2) is 36.1 Å². The standard InChI is InChI=1S/C20H20N2O8/c1-28-18(23)12-11-17(21-20(25)29-13-14-5-3-2-4-6-14)19(24)30-16-9-7-15(8-10-16)22(26)27/h2-10,17H,11-13H2,1H3,(H,21,25)/t17-/m0/s1. The highest BCUT2D eigenvalue weighted by molar-refractivity contribution is 5.83. The lowest BCUT2D eigenvalue weighted by atomic mass is 10.1. The SMILES string of the molecule is COC(=O)CC[C@H](NC(=O)OCc1ccccc1)C(=O)Oc1ccc([N+](=O)[O-])cc1. The molecule has 0 unspecified atom stereocenters. The minimum Gasteiger partial charge on any atom is -0.469 e. The van der Waals surface area contributed by atoms with E-state index in [1.165, 1.54) is 31.4 Å². The van der Waals surface area contributed by atoms with Gasteiger partial charge < -0.3 is 19.5 Å². The maximum Gasteiger partial charge on any atom is 0.408 e. The Balaban J connectivity index is 1.99. The molecule has 0 radical (unpaired) electrons. The second kappa shape index (κ2) is 11.1. The van der Waals surface area contributed by atoms with Crippen molar-refractivity contribution in [3.63, 3.8) is 0 Å². The Morgan fingerprint density at radius 1 is 1.07 bits per heavy atom. The number of hydrogen-bond acceptors (Lipinski definition) is 8. The molecule has 0 spiro atoms. The molecule has 1 atom stereocenters. The number of methoxy groups -OCH3 is 1. The van der Waals surface area contributed by atoms with Crippen LogP contribution in [0.25, 0.3) is 0 Å². The van der Waals surface area contributed by atoms with Gasteiger partial charge in [0.2, 0.25) is 0 Å². The number of ether oxygens (including phenoxy) is 3. The van der Waals surface area contributed by atoms with Gasteiger partial charge in [-0.15, -0.1) is 0 Å². The van der Waals surface area contributed by atoms with Gasteiger partial charge in [0.15, 0.2) is 0 Å². The van der Waals surface area contributed by atoms with Crippen LogP contribution in [0.2, 0.25) is 0 Å². The van der Waals surface area contributed by atoms with Crippen LogP contribution >= 0.6 is 0 Å². The van der Waals surface area contributed by atoms with Crippen LogP contribution in [0.5, 0.6) is 5.75 Å². The summed E-state index contributed by atoms with van der Waals surface area (Å²) >= 11 is 0. The molecule has 0 fully saturated rings. The summed E-state index contributed by atoms with van der Waals surface area (Å²) in [6, 6.07) is 12.6. The van der Waals surface area contributed by atoms with Crippen molar-refractivity contribution < 1.29 is 33.5 Å². The van der Waals surface area contributed by atoms with Crippen LogP contribution in [-0.2, 0) is 25.7 Å². The average molecular weight is 416 g/mol. The first kappa shape index (κ1) is 22.3. The molecular weight excluding hydrogens is 396 g/mol. The molecule has 2 rings (SSSR count). The van der Waals surface area contributed by atoms with E-state index in [0.717, 1.165) is 5.56 Å². The van der Waals surface area contributed by atoms with Gasteiger partial charge in [-0.1, -0.05) is 30.3 Å². The Labute approximate surface area is 171 Å². The van der Waals surface area contributed by atoms with Crippen LogP contribution < -0.4 is 10.1 Å². The van der Waals surface area contributed by atoms with Gasteiger partial charge in [-0.25, -0.2) is 9.59 Å². The molecule has 2 aromatic rings. The molecule has 0 saturated carbocycles. The third-order valence-corrected chi connectivity index (χ3v) is 3.92. The quantitative estimate of drug-likeness (QED) is 0.285. The number of nitrogens with one attached hydrogen (secondary N) is 1. The molecule has 0 aliphatic heterocycles. The van der Waals surface area contributed by atoms with Crippen molar-refractivity contribution >= 4 is 23.7 Å². The van der Waals surface area contributed by atoms with Gasteiger partial charge in [0.25, 0.3) is 5.69 Å². The lowest BCUT2D eigenvalue weighted by Gasteiger charge is -2.17. The largest absolute Gasteiger partial charge is 0.469 e. The Hall–Kier alpha value is -3.95. The van der Waals surface area contributed by atoms with E-state index < -0.39 is 29.0 Å². The Bertz CT molecular complexity index is 883. The number of amides is 1. The summed E-state index contributed by atoms with van der Waals surface area (Å²) in [5, 5.41) is 13.1. The monoisotopic (exact) mass is 416 g/mol. The molecule has 0 aliphatic rings. The number of nitro groups is 1. The van der Waals surface area contributed by atoms with Crippen molar-refractivity contribution in [3.8, 4) is 5.75 Å². The number of rotatable bonds is 9. The molecule has 1 amide bonds. The maximum atomic E-state index is 12.5. The number of alkyl carbamates (subject to hydrolysis) is 1. The zero-order chi connectivity index (χ0) is 21.9. The Morgan fingerprint density at radius 2 is 1.73 bits per heavy atom. The first-order valence-electron chi connectivity index (χ1n) is 8.89. The lowest BCUT2D eigenvalue weighted by Crippen LogP contribution is -2.43. The van der Waals surface area contributed by atoms with Gasteiger partial charge in [-0.05, 0) is 24.1 Å². The number of benzene rings is 2. The average Bonchev–Trinajstić information content (AvgIpc) is 2.75. The van der Waals surface area contributed by atoms with Crippen molar-refractivity contribution in [1.82, 2.24) is 5.32 Å². The number of non-ortho nitro benzene ring substituents is 1. The van der Waals surface area contributed by atoms with Crippen LogP contribution in [0, 0.1) is 10.1 Å². The molecular formula is C20H20N2O8. The molecule has 10 nitrogen and oxygen atoms in total. The maximum absolute atomic E-state index is 12.5. The van der Waals surface area contributed by atoms with Crippen molar-refractivity contribution in [3.05, 3.63) is 70.3 Å². The summed E-state index contributed by atoms with van der Waals surface area (Å²) < 4.78 is 14.8. The van der Waals surface area contributed by atoms with Gasteiger partial charge in [-0.3, -0.25) is 14.9 Å².